The predicted octanol–water partition coefficient (Wildman–Crippen LogP) is 3.42. The fraction of sp³-hybridized carbons (Fsp3) is 0.333. The third-order valence-corrected chi connectivity index (χ3v) is 5.29. The number of para-hydroxylation sites is 1. The quantitative estimate of drug-likeness (QED) is 0.731. The van der Waals surface area contributed by atoms with E-state index < -0.39 is 0 Å². The number of methoxy groups -OCH3 is 1. The van der Waals surface area contributed by atoms with Crippen LogP contribution in [0.15, 0.2) is 42.0 Å². The van der Waals surface area contributed by atoms with E-state index in [1.165, 1.54) is 5.69 Å². The molecule has 0 bridgehead atoms. The molecule has 6 heteroatoms. The summed E-state index contributed by atoms with van der Waals surface area (Å²) in [6.45, 7) is 4.06. The maximum Gasteiger partial charge on any atom is 0.185 e. The van der Waals surface area contributed by atoms with Gasteiger partial charge in [0.05, 0.1) is 7.11 Å². The third kappa shape index (κ3) is 2.78. The molecule has 0 spiro atoms. The van der Waals surface area contributed by atoms with Crippen LogP contribution in [0, 0.1) is 0 Å². The van der Waals surface area contributed by atoms with Crippen LogP contribution < -0.4 is 14.5 Å². The minimum atomic E-state index is 0.827. The number of hydrogen-bond donors (Lipinski definition) is 0. The van der Waals surface area contributed by atoms with Gasteiger partial charge in [-0.2, -0.15) is 0 Å². The highest BCUT2D eigenvalue weighted by atomic mass is 32.1. The summed E-state index contributed by atoms with van der Waals surface area (Å²) in [6.07, 6.45) is 4.88. The first-order chi connectivity index (χ1) is 11.9. The van der Waals surface area contributed by atoms with Crippen molar-refractivity contribution in [1.82, 2.24) is 9.97 Å². The van der Waals surface area contributed by atoms with Gasteiger partial charge in [-0.15, -0.1) is 11.3 Å². The van der Waals surface area contributed by atoms with Gasteiger partial charge in [0.2, 0.25) is 0 Å². The third-order valence-electron chi connectivity index (χ3n) is 4.46. The van der Waals surface area contributed by atoms with Crippen LogP contribution in [-0.4, -0.2) is 43.3 Å². The molecule has 0 N–H and O–H groups in total. The van der Waals surface area contributed by atoms with Gasteiger partial charge in [-0.3, -0.25) is 4.98 Å². The Morgan fingerprint density at radius 2 is 1.88 bits per heavy atom. The van der Waals surface area contributed by atoms with Crippen molar-refractivity contribution in [2.75, 3.05) is 43.1 Å². The van der Waals surface area contributed by atoms with Gasteiger partial charge in [0.1, 0.15) is 11.3 Å². The normalized spacial score (nSPS) is 15.5. The highest BCUT2D eigenvalue weighted by Crippen LogP contribution is 2.31. The summed E-state index contributed by atoms with van der Waals surface area (Å²) in [5.41, 5.74) is 2.17. The number of aromatic nitrogens is 2. The van der Waals surface area contributed by atoms with Crippen LogP contribution in [0.3, 0.4) is 0 Å². The van der Waals surface area contributed by atoms with Gasteiger partial charge in [-0.1, -0.05) is 12.1 Å². The van der Waals surface area contributed by atoms with Gasteiger partial charge in [0.15, 0.2) is 5.13 Å². The first-order valence-electron chi connectivity index (χ1n) is 8.18. The molecule has 0 atom stereocenters. The molecule has 1 fully saturated rings. The molecule has 1 saturated heterocycles. The predicted molar refractivity (Wildman–Crippen MR) is 99.5 cm³/mol. The molecule has 0 radical (unpaired) electrons. The Balaban J connectivity index is 1.63. The minimum absolute atomic E-state index is 0.827. The second-order valence-corrected chi connectivity index (χ2v) is 6.70. The van der Waals surface area contributed by atoms with Crippen molar-refractivity contribution in [3.8, 4) is 5.75 Å². The van der Waals surface area contributed by atoms with Gasteiger partial charge < -0.3 is 14.5 Å². The molecule has 0 amide bonds. The summed E-state index contributed by atoms with van der Waals surface area (Å²) in [5.74, 6) is 0.827. The van der Waals surface area contributed by atoms with E-state index in [1.807, 2.05) is 29.9 Å². The van der Waals surface area contributed by atoms with Crippen molar-refractivity contribution in [1.29, 1.82) is 0 Å². The second-order valence-electron chi connectivity index (χ2n) is 5.83. The molecule has 1 aliphatic heterocycles. The number of rotatable bonds is 3. The van der Waals surface area contributed by atoms with Crippen molar-refractivity contribution < 1.29 is 4.74 Å². The molecule has 0 saturated carbocycles. The van der Waals surface area contributed by atoms with Crippen molar-refractivity contribution >= 4 is 33.1 Å². The van der Waals surface area contributed by atoms with Crippen molar-refractivity contribution in [3.05, 3.63) is 42.0 Å². The number of fused-ring (bicyclic) bond motifs is 1. The molecule has 0 aliphatic carbocycles. The van der Waals surface area contributed by atoms with Crippen LogP contribution in [-0.2, 0) is 0 Å². The Hall–Kier alpha value is -2.34. The molecule has 1 aromatic carbocycles. The molecular formula is C18H20N4OS. The fourth-order valence-electron chi connectivity index (χ4n) is 3.30. The number of nitrogens with zero attached hydrogens (tertiary/aromatic N) is 4. The summed E-state index contributed by atoms with van der Waals surface area (Å²) in [4.78, 5) is 13.8. The number of thiazole rings is 1. The largest absolute Gasteiger partial charge is 0.494 e. The first-order valence-corrected chi connectivity index (χ1v) is 9.06. The number of benzene rings is 1. The highest BCUT2D eigenvalue weighted by Gasteiger charge is 2.19. The summed E-state index contributed by atoms with van der Waals surface area (Å²) >= 11 is 1.71. The Bertz CT molecular complexity index is 821. The van der Waals surface area contributed by atoms with E-state index >= 15 is 0 Å². The zero-order chi connectivity index (χ0) is 16.4. The van der Waals surface area contributed by atoms with Gasteiger partial charge in [-0.05, 0) is 18.6 Å². The average Bonchev–Trinajstić information content (AvgIpc) is 3.05. The number of pyridine rings is 1. The molecule has 124 valence electrons. The van der Waals surface area contributed by atoms with Crippen molar-refractivity contribution in [2.24, 2.45) is 0 Å². The van der Waals surface area contributed by atoms with Crippen LogP contribution in [0.5, 0.6) is 5.75 Å². The number of ether oxygens (including phenoxy) is 1. The van der Waals surface area contributed by atoms with Gasteiger partial charge in [-0.25, -0.2) is 4.98 Å². The van der Waals surface area contributed by atoms with Gasteiger partial charge in [0.25, 0.3) is 0 Å². The second kappa shape index (κ2) is 6.65. The Labute approximate surface area is 145 Å². The van der Waals surface area contributed by atoms with Crippen LogP contribution in [0.4, 0.5) is 10.8 Å². The van der Waals surface area contributed by atoms with Crippen LogP contribution in [0.25, 0.3) is 10.9 Å². The minimum Gasteiger partial charge on any atom is -0.494 e. The van der Waals surface area contributed by atoms with Crippen LogP contribution >= 0.6 is 11.3 Å². The maximum absolute atomic E-state index is 5.46. The number of anilines is 2. The summed E-state index contributed by atoms with van der Waals surface area (Å²) in [5, 5.41) is 4.32. The van der Waals surface area contributed by atoms with E-state index in [9.17, 15) is 0 Å². The zero-order valence-corrected chi connectivity index (χ0v) is 14.5. The SMILES string of the molecule is COc1cccc2c(N3CCCN(c4nccs4)CC3)ccnc12. The van der Waals surface area contributed by atoms with E-state index in [-0.39, 0.29) is 0 Å². The topological polar surface area (TPSA) is 41.5 Å². The molecule has 1 aliphatic rings. The van der Waals surface area contributed by atoms with Gasteiger partial charge in [0, 0.05) is 55.0 Å². The smallest absolute Gasteiger partial charge is 0.185 e. The number of hydrogen-bond acceptors (Lipinski definition) is 6. The monoisotopic (exact) mass is 340 g/mol. The summed E-state index contributed by atoms with van der Waals surface area (Å²) < 4.78 is 5.46. The Morgan fingerprint density at radius 1 is 1.00 bits per heavy atom. The summed E-state index contributed by atoms with van der Waals surface area (Å²) in [7, 11) is 1.70. The lowest BCUT2D eigenvalue weighted by Gasteiger charge is -2.25. The lowest BCUT2D eigenvalue weighted by Crippen LogP contribution is -2.30. The molecule has 5 nitrogen and oxygen atoms in total. The first kappa shape index (κ1) is 15.2. The molecule has 0 unspecified atom stereocenters. The standard InChI is InChI=1S/C18H20N4OS/c1-23-16-5-2-4-14-15(6-7-19-17(14)16)21-9-3-10-22(12-11-21)18-20-8-13-24-18/h2,4-8,13H,3,9-12H2,1H3. The molecular weight excluding hydrogens is 320 g/mol. The summed E-state index contributed by atoms with van der Waals surface area (Å²) in [6, 6.07) is 8.24. The zero-order valence-electron chi connectivity index (χ0n) is 13.7. The Morgan fingerprint density at radius 3 is 2.71 bits per heavy atom. The van der Waals surface area contributed by atoms with Crippen LogP contribution in [0.1, 0.15) is 6.42 Å². The van der Waals surface area contributed by atoms with Crippen LogP contribution in [0.2, 0.25) is 0 Å². The molecule has 24 heavy (non-hydrogen) atoms. The average molecular weight is 340 g/mol. The lowest BCUT2D eigenvalue weighted by molar-refractivity contribution is 0.419. The van der Waals surface area contributed by atoms with Gasteiger partial charge >= 0.3 is 0 Å². The van der Waals surface area contributed by atoms with E-state index in [0.29, 0.717) is 0 Å². The van der Waals surface area contributed by atoms with Crippen molar-refractivity contribution in [2.45, 2.75) is 6.42 Å². The highest BCUT2D eigenvalue weighted by molar-refractivity contribution is 7.13. The Kier molecular flexibility index (Phi) is 4.21. The van der Waals surface area contributed by atoms with E-state index in [2.05, 4.69) is 31.9 Å². The molecule has 2 aromatic heterocycles. The van der Waals surface area contributed by atoms with E-state index in [4.69, 9.17) is 4.74 Å². The lowest BCUT2D eigenvalue weighted by atomic mass is 10.1. The molecule has 3 heterocycles. The molecule has 3 aromatic rings. The molecule has 4 rings (SSSR count). The van der Waals surface area contributed by atoms with Crippen molar-refractivity contribution in [3.63, 3.8) is 0 Å². The van der Waals surface area contributed by atoms with E-state index in [1.54, 1.807) is 18.4 Å². The maximum atomic E-state index is 5.46. The van der Waals surface area contributed by atoms with E-state index in [0.717, 1.165) is 54.4 Å². The fourth-order valence-corrected chi connectivity index (χ4v) is 3.99.